The molecule has 1 heterocycles. The summed E-state index contributed by atoms with van der Waals surface area (Å²) in [6.07, 6.45) is 0. The number of piperazine rings is 1. The van der Waals surface area contributed by atoms with Gasteiger partial charge in [0.2, 0.25) is 11.8 Å². The summed E-state index contributed by atoms with van der Waals surface area (Å²) in [6, 6.07) is 14.0. The van der Waals surface area contributed by atoms with Crippen LogP contribution >= 0.6 is 0 Å². The van der Waals surface area contributed by atoms with Gasteiger partial charge in [-0.25, -0.2) is 4.79 Å². The van der Waals surface area contributed by atoms with E-state index in [9.17, 15) is 14.4 Å². The lowest BCUT2D eigenvalue weighted by Gasteiger charge is -2.36. The van der Waals surface area contributed by atoms with Crippen molar-refractivity contribution in [3.63, 3.8) is 0 Å². The van der Waals surface area contributed by atoms with Crippen LogP contribution in [-0.4, -0.2) is 62.1 Å². The Labute approximate surface area is 187 Å². The van der Waals surface area contributed by atoms with Gasteiger partial charge >= 0.3 is 6.03 Å². The molecule has 4 amide bonds. The highest BCUT2D eigenvalue weighted by molar-refractivity contribution is 5.99. The molecule has 1 aliphatic rings. The van der Waals surface area contributed by atoms with E-state index in [1.807, 2.05) is 18.2 Å². The summed E-state index contributed by atoms with van der Waals surface area (Å²) < 4.78 is 5.28. The van der Waals surface area contributed by atoms with Gasteiger partial charge in [-0.2, -0.15) is 0 Å². The van der Waals surface area contributed by atoms with Gasteiger partial charge in [0.1, 0.15) is 11.8 Å². The fourth-order valence-corrected chi connectivity index (χ4v) is 3.48. The lowest BCUT2D eigenvalue weighted by molar-refractivity contribution is -0.117. The van der Waals surface area contributed by atoms with Gasteiger partial charge in [-0.3, -0.25) is 9.59 Å². The maximum absolute atomic E-state index is 12.7. The molecule has 1 atom stereocenters. The smallest absolute Gasteiger partial charge is 0.318 e. The Balaban J connectivity index is 1.54. The van der Waals surface area contributed by atoms with Crippen molar-refractivity contribution in [2.45, 2.75) is 19.9 Å². The number of para-hydroxylation sites is 1. The van der Waals surface area contributed by atoms with Crippen LogP contribution in [0.4, 0.5) is 21.9 Å². The summed E-state index contributed by atoms with van der Waals surface area (Å²) in [7, 11) is 1.49. The molecule has 3 rings (SSSR count). The summed E-state index contributed by atoms with van der Waals surface area (Å²) in [6.45, 7) is 5.62. The van der Waals surface area contributed by atoms with Gasteiger partial charge in [-0.15, -0.1) is 0 Å². The number of carbonyl (C=O) groups excluding carboxylic acids is 3. The molecule has 0 unspecified atom stereocenters. The molecule has 1 aliphatic heterocycles. The highest BCUT2D eigenvalue weighted by atomic mass is 16.5. The van der Waals surface area contributed by atoms with Gasteiger partial charge in [0, 0.05) is 44.5 Å². The van der Waals surface area contributed by atoms with Crippen LogP contribution < -0.4 is 25.6 Å². The molecule has 2 aromatic rings. The molecule has 1 fully saturated rings. The van der Waals surface area contributed by atoms with Crippen LogP contribution in [0.25, 0.3) is 0 Å². The molecule has 0 aliphatic carbocycles. The summed E-state index contributed by atoms with van der Waals surface area (Å²) >= 11 is 0. The maximum Gasteiger partial charge on any atom is 0.318 e. The Morgan fingerprint density at radius 1 is 0.969 bits per heavy atom. The van der Waals surface area contributed by atoms with E-state index in [-0.39, 0.29) is 17.8 Å². The topological polar surface area (TPSA) is 103 Å². The third-order valence-corrected chi connectivity index (χ3v) is 5.20. The molecule has 9 nitrogen and oxygen atoms in total. The van der Waals surface area contributed by atoms with Gasteiger partial charge in [-0.1, -0.05) is 18.2 Å². The van der Waals surface area contributed by atoms with Crippen molar-refractivity contribution in [1.82, 2.24) is 10.2 Å². The average Bonchev–Trinajstić information content (AvgIpc) is 2.79. The summed E-state index contributed by atoms with van der Waals surface area (Å²) in [5.41, 5.74) is 2.07. The van der Waals surface area contributed by atoms with Crippen LogP contribution in [0.1, 0.15) is 13.8 Å². The molecular weight excluding hydrogens is 410 g/mol. The van der Waals surface area contributed by atoms with Gasteiger partial charge in [-0.05, 0) is 37.3 Å². The average molecular weight is 440 g/mol. The van der Waals surface area contributed by atoms with Gasteiger partial charge in [0.05, 0.1) is 12.8 Å². The van der Waals surface area contributed by atoms with Crippen LogP contribution in [0.2, 0.25) is 0 Å². The summed E-state index contributed by atoms with van der Waals surface area (Å²) in [4.78, 5) is 40.6. The van der Waals surface area contributed by atoms with E-state index in [1.165, 1.54) is 14.0 Å². The van der Waals surface area contributed by atoms with Gasteiger partial charge < -0.3 is 30.5 Å². The molecule has 3 N–H and O–H groups in total. The minimum absolute atomic E-state index is 0.222. The monoisotopic (exact) mass is 439 g/mol. The number of rotatable bonds is 6. The number of amides is 4. The van der Waals surface area contributed by atoms with Crippen molar-refractivity contribution in [3.8, 4) is 5.75 Å². The highest BCUT2D eigenvalue weighted by Crippen LogP contribution is 2.28. The molecule has 0 spiro atoms. The summed E-state index contributed by atoms with van der Waals surface area (Å²) in [5.74, 6) is -0.164. The molecule has 170 valence electrons. The Morgan fingerprint density at radius 3 is 2.28 bits per heavy atom. The molecule has 2 aromatic carbocycles. The van der Waals surface area contributed by atoms with Crippen LogP contribution in [0.5, 0.6) is 5.75 Å². The number of anilines is 3. The zero-order valence-corrected chi connectivity index (χ0v) is 18.6. The van der Waals surface area contributed by atoms with Crippen LogP contribution in [0, 0.1) is 0 Å². The predicted octanol–water partition coefficient (Wildman–Crippen LogP) is 2.51. The van der Waals surface area contributed by atoms with Gasteiger partial charge in [0.25, 0.3) is 0 Å². The predicted molar refractivity (Wildman–Crippen MR) is 124 cm³/mol. The first-order chi connectivity index (χ1) is 15.4. The molecule has 9 heteroatoms. The van der Waals surface area contributed by atoms with Crippen LogP contribution in [-0.2, 0) is 9.59 Å². The number of hydrogen-bond donors (Lipinski definition) is 3. The number of ether oxygens (including phenoxy) is 1. The standard InChI is InChI=1S/C23H29N5O4/c1-16(22(30)26-20-15-18(25-17(2)29)9-10-21(20)32-3)24-23(31)28-13-11-27(12-14-28)19-7-5-4-6-8-19/h4-10,15-16H,11-14H2,1-3H3,(H,24,31)(H,25,29)(H,26,30)/t16-/m0/s1. The molecule has 0 bridgehead atoms. The number of nitrogens with zero attached hydrogens (tertiary/aromatic N) is 2. The summed E-state index contributed by atoms with van der Waals surface area (Å²) in [5, 5.41) is 8.17. The first-order valence-electron chi connectivity index (χ1n) is 10.5. The minimum atomic E-state index is -0.760. The Kier molecular flexibility index (Phi) is 7.54. The number of carbonyl (C=O) groups is 3. The van der Waals surface area contributed by atoms with E-state index in [4.69, 9.17) is 4.74 Å². The highest BCUT2D eigenvalue weighted by Gasteiger charge is 2.24. The Bertz CT molecular complexity index is 958. The first-order valence-corrected chi connectivity index (χ1v) is 10.5. The second-order valence-corrected chi connectivity index (χ2v) is 7.57. The Morgan fingerprint density at radius 2 is 1.66 bits per heavy atom. The van der Waals surface area contributed by atoms with E-state index in [1.54, 1.807) is 30.0 Å². The number of benzene rings is 2. The maximum atomic E-state index is 12.7. The minimum Gasteiger partial charge on any atom is -0.495 e. The number of urea groups is 1. The van der Waals surface area contributed by atoms with Gasteiger partial charge in [0.15, 0.2) is 0 Å². The quantitative estimate of drug-likeness (QED) is 0.642. The zero-order valence-electron chi connectivity index (χ0n) is 18.6. The molecule has 1 saturated heterocycles. The van der Waals surface area contributed by atoms with Crippen molar-refractivity contribution in [2.75, 3.05) is 48.8 Å². The van der Waals surface area contributed by atoms with E-state index < -0.39 is 6.04 Å². The van der Waals surface area contributed by atoms with E-state index in [0.717, 1.165) is 18.8 Å². The molecule has 32 heavy (non-hydrogen) atoms. The van der Waals surface area contributed by atoms with Crippen molar-refractivity contribution in [3.05, 3.63) is 48.5 Å². The molecule has 0 radical (unpaired) electrons. The number of nitrogens with one attached hydrogen (secondary N) is 3. The Hall–Kier alpha value is -3.75. The zero-order chi connectivity index (χ0) is 23.1. The number of hydrogen-bond acceptors (Lipinski definition) is 5. The van der Waals surface area contributed by atoms with Crippen molar-refractivity contribution < 1.29 is 19.1 Å². The van der Waals surface area contributed by atoms with E-state index >= 15 is 0 Å². The SMILES string of the molecule is COc1ccc(NC(C)=O)cc1NC(=O)[C@H](C)NC(=O)N1CCN(c2ccccc2)CC1. The lowest BCUT2D eigenvalue weighted by Crippen LogP contribution is -2.54. The van der Waals surface area contributed by atoms with Crippen molar-refractivity contribution in [2.24, 2.45) is 0 Å². The van der Waals surface area contributed by atoms with Crippen molar-refractivity contribution >= 4 is 34.9 Å². The number of methoxy groups -OCH3 is 1. The van der Waals surface area contributed by atoms with Crippen LogP contribution in [0.3, 0.4) is 0 Å². The van der Waals surface area contributed by atoms with Crippen LogP contribution in [0.15, 0.2) is 48.5 Å². The van der Waals surface area contributed by atoms with Crippen molar-refractivity contribution in [1.29, 1.82) is 0 Å². The second kappa shape index (κ2) is 10.5. The normalized spacial score (nSPS) is 14.3. The second-order valence-electron chi connectivity index (χ2n) is 7.57. The third-order valence-electron chi connectivity index (χ3n) is 5.20. The third kappa shape index (κ3) is 5.90. The largest absolute Gasteiger partial charge is 0.495 e. The molecular formula is C23H29N5O4. The molecule has 0 aromatic heterocycles. The molecule has 0 saturated carbocycles. The van der Waals surface area contributed by atoms with E-state index in [2.05, 4.69) is 33.0 Å². The fourth-order valence-electron chi connectivity index (χ4n) is 3.48. The lowest BCUT2D eigenvalue weighted by atomic mass is 10.2. The van der Waals surface area contributed by atoms with E-state index in [0.29, 0.717) is 30.2 Å². The first kappa shape index (κ1) is 22.9. The fraction of sp³-hybridized carbons (Fsp3) is 0.348.